The van der Waals surface area contributed by atoms with E-state index in [0.717, 1.165) is 23.0 Å². The molecule has 0 saturated heterocycles. The molecule has 1 amide bonds. The quantitative estimate of drug-likeness (QED) is 0.549. The molecule has 24 heavy (non-hydrogen) atoms. The third-order valence-electron chi connectivity index (χ3n) is 3.22. The zero-order valence-electron chi connectivity index (χ0n) is 13.3. The van der Waals surface area contributed by atoms with Gasteiger partial charge in [0.1, 0.15) is 5.76 Å². The Hall–Kier alpha value is -2.68. The highest BCUT2D eigenvalue weighted by Crippen LogP contribution is 2.17. The van der Waals surface area contributed by atoms with Crippen molar-refractivity contribution in [2.75, 3.05) is 11.1 Å². The number of anilines is 1. The number of thioether (sulfide) groups is 1. The second-order valence-electron chi connectivity index (χ2n) is 5.31. The summed E-state index contributed by atoms with van der Waals surface area (Å²) in [7, 11) is 0. The molecule has 0 fully saturated rings. The van der Waals surface area contributed by atoms with Gasteiger partial charge in [-0.2, -0.15) is 0 Å². The Morgan fingerprint density at radius 3 is 2.79 bits per heavy atom. The van der Waals surface area contributed by atoms with Crippen LogP contribution in [0, 0.1) is 20.8 Å². The minimum atomic E-state index is -0.274. The van der Waals surface area contributed by atoms with Crippen LogP contribution >= 0.6 is 11.8 Å². The van der Waals surface area contributed by atoms with Crippen LogP contribution in [0.3, 0.4) is 0 Å². The van der Waals surface area contributed by atoms with E-state index >= 15 is 0 Å². The van der Waals surface area contributed by atoms with Gasteiger partial charge < -0.3 is 14.8 Å². The molecule has 2 N–H and O–H groups in total. The zero-order valence-corrected chi connectivity index (χ0v) is 14.2. The summed E-state index contributed by atoms with van der Waals surface area (Å²) in [5.74, 6) is 0.760. The molecular weight excluding hydrogens is 330 g/mol. The van der Waals surface area contributed by atoms with Gasteiger partial charge in [0, 0.05) is 11.8 Å². The number of aryl methyl sites for hydroxylation is 3. The van der Waals surface area contributed by atoms with E-state index in [0.29, 0.717) is 27.8 Å². The number of rotatable bonds is 4. The van der Waals surface area contributed by atoms with Crippen LogP contribution in [0.2, 0.25) is 0 Å². The lowest BCUT2D eigenvalue weighted by atomic mass is 10.2. The van der Waals surface area contributed by atoms with Gasteiger partial charge in [-0.05, 0) is 32.4 Å². The SMILES string of the molecule is Cc1cc(C)c2c(=O)[nH]c(SCC(=O)Nc3cc(C)on3)nc2n1. The van der Waals surface area contributed by atoms with Gasteiger partial charge >= 0.3 is 0 Å². The van der Waals surface area contributed by atoms with Crippen LogP contribution in [-0.4, -0.2) is 31.8 Å². The molecule has 9 heteroatoms. The normalized spacial score (nSPS) is 11.0. The maximum Gasteiger partial charge on any atom is 0.261 e. The van der Waals surface area contributed by atoms with Gasteiger partial charge in [-0.25, -0.2) is 9.97 Å². The summed E-state index contributed by atoms with van der Waals surface area (Å²) < 4.78 is 4.87. The maximum absolute atomic E-state index is 12.2. The minimum absolute atomic E-state index is 0.0746. The van der Waals surface area contributed by atoms with Gasteiger partial charge in [0.15, 0.2) is 16.6 Å². The summed E-state index contributed by atoms with van der Waals surface area (Å²) in [5.41, 5.74) is 1.72. The third-order valence-corrected chi connectivity index (χ3v) is 4.09. The lowest BCUT2D eigenvalue weighted by molar-refractivity contribution is -0.113. The average molecular weight is 345 g/mol. The number of aromatic nitrogens is 4. The minimum Gasteiger partial charge on any atom is -0.360 e. The summed E-state index contributed by atoms with van der Waals surface area (Å²) in [5, 5.41) is 7.10. The van der Waals surface area contributed by atoms with Crippen LogP contribution in [-0.2, 0) is 4.79 Å². The molecule has 0 atom stereocenters. The second kappa shape index (κ2) is 6.44. The summed E-state index contributed by atoms with van der Waals surface area (Å²) in [6.07, 6.45) is 0. The Morgan fingerprint density at radius 1 is 1.29 bits per heavy atom. The Kier molecular flexibility index (Phi) is 4.34. The number of aromatic amines is 1. The van der Waals surface area contributed by atoms with Gasteiger partial charge in [-0.3, -0.25) is 9.59 Å². The van der Waals surface area contributed by atoms with Crippen LogP contribution in [0.15, 0.2) is 26.6 Å². The molecule has 0 aromatic carbocycles. The predicted octanol–water partition coefficient (Wildman–Crippen LogP) is 1.96. The third kappa shape index (κ3) is 3.46. The summed E-state index contributed by atoms with van der Waals surface area (Å²) >= 11 is 1.12. The maximum atomic E-state index is 12.2. The lowest BCUT2D eigenvalue weighted by Gasteiger charge is -2.05. The van der Waals surface area contributed by atoms with E-state index in [1.807, 2.05) is 19.9 Å². The van der Waals surface area contributed by atoms with Crippen molar-refractivity contribution < 1.29 is 9.32 Å². The number of nitrogens with zero attached hydrogens (tertiary/aromatic N) is 3. The lowest BCUT2D eigenvalue weighted by Crippen LogP contribution is -2.16. The Labute approximate surface area is 141 Å². The van der Waals surface area contributed by atoms with E-state index in [-0.39, 0.29) is 17.2 Å². The topological polar surface area (TPSA) is 114 Å². The average Bonchev–Trinajstić information content (AvgIpc) is 2.89. The largest absolute Gasteiger partial charge is 0.360 e. The smallest absolute Gasteiger partial charge is 0.261 e. The standard InChI is InChI=1S/C15H15N5O3S/c1-7-4-8(2)16-13-12(7)14(22)19-15(18-13)24-6-11(21)17-10-5-9(3)23-20-10/h4-5H,6H2,1-3H3,(H,17,20,21)(H,16,18,19,22). The second-order valence-corrected chi connectivity index (χ2v) is 6.27. The molecule has 0 unspecified atom stereocenters. The molecule has 0 aliphatic carbocycles. The first-order chi connectivity index (χ1) is 11.4. The van der Waals surface area contributed by atoms with Crippen molar-refractivity contribution in [3.05, 3.63) is 39.5 Å². The molecule has 0 saturated carbocycles. The van der Waals surface area contributed by atoms with Gasteiger partial charge in [0.05, 0.1) is 11.1 Å². The number of carbonyl (C=O) groups is 1. The van der Waals surface area contributed by atoms with Crippen LogP contribution in [0.4, 0.5) is 5.82 Å². The van der Waals surface area contributed by atoms with Gasteiger partial charge in [-0.15, -0.1) is 0 Å². The van der Waals surface area contributed by atoms with E-state index in [1.165, 1.54) is 0 Å². The number of amides is 1. The first kappa shape index (κ1) is 16.2. The number of hydrogen-bond donors (Lipinski definition) is 2. The van der Waals surface area contributed by atoms with Crippen LogP contribution in [0.1, 0.15) is 17.0 Å². The van der Waals surface area contributed by atoms with Crippen molar-refractivity contribution in [1.82, 2.24) is 20.1 Å². The molecule has 3 aromatic heterocycles. The first-order valence-electron chi connectivity index (χ1n) is 7.16. The molecule has 124 valence electrons. The first-order valence-corrected chi connectivity index (χ1v) is 8.15. The fourth-order valence-corrected chi connectivity index (χ4v) is 2.92. The van der Waals surface area contributed by atoms with Crippen molar-refractivity contribution in [2.45, 2.75) is 25.9 Å². The van der Waals surface area contributed by atoms with Crippen molar-refractivity contribution in [3.63, 3.8) is 0 Å². The highest BCUT2D eigenvalue weighted by Gasteiger charge is 2.11. The van der Waals surface area contributed by atoms with E-state index in [1.54, 1.807) is 13.0 Å². The molecule has 0 spiro atoms. The van der Waals surface area contributed by atoms with Gasteiger partial charge in [-0.1, -0.05) is 16.9 Å². The molecule has 0 aliphatic heterocycles. The van der Waals surface area contributed by atoms with Crippen LogP contribution < -0.4 is 10.9 Å². The Bertz CT molecular complexity index is 979. The molecule has 8 nitrogen and oxygen atoms in total. The number of pyridine rings is 1. The monoisotopic (exact) mass is 345 g/mol. The molecule has 3 heterocycles. The Balaban J connectivity index is 1.75. The summed E-state index contributed by atoms with van der Waals surface area (Å²) in [4.78, 5) is 35.4. The molecule has 0 radical (unpaired) electrons. The van der Waals surface area contributed by atoms with Crippen molar-refractivity contribution in [1.29, 1.82) is 0 Å². The predicted molar refractivity (Wildman–Crippen MR) is 90.2 cm³/mol. The van der Waals surface area contributed by atoms with E-state index in [2.05, 4.69) is 25.4 Å². The summed E-state index contributed by atoms with van der Waals surface area (Å²) in [6.45, 7) is 5.42. The molecule has 0 bridgehead atoms. The number of nitrogens with one attached hydrogen (secondary N) is 2. The Morgan fingerprint density at radius 2 is 2.08 bits per heavy atom. The number of hydrogen-bond acceptors (Lipinski definition) is 7. The number of H-pyrrole nitrogens is 1. The summed E-state index contributed by atoms with van der Waals surface area (Å²) in [6, 6.07) is 3.45. The molecule has 3 rings (SSSR count). The fraction of sp³-hybridized carbons (Fsp3) is 0.267. The highest BCUT2D eigenvalue weighted by molar-refractivity contribution is 7.99. The van der Waals surface area contributed by atoms with Crippen LogP contribution in [0.5, 0.6) is 0 Å². The fourth-order valence-electron chi connectivity index (χ4n) is 2.27. The van der Waals surface area contributed by atoms with Crippen LogP contribution in [0.25, 0.3) is 11.0 Å². The van der Waals surface area contributed by atoms with E-state index in [9.17, 15) is 9.59 Å². The zero-order chi connectivity index (χ0) is 17.3. The van der Waals surface area contributed by atoms with E-state index < -0.39 is 0 Å². The molecule has 3 aromatic rings. The van der Waals surface area contributed by atoms with Crippen molar-refractivity contribution >= 4 is 34.5 Å². The number of fused-ring (bicyclic) bond motifs is 1. The van der Waals surface area contributed by atoms with Gasteiger partial charge in [0.25, 0.3) is 5.56 Å². The van der Waals surface area contributed by atoms with Crippen molar-refractivity contribution in [3.8, 4) is 0 Å². The molecular formula is C15H15N5O3S. The van der Waals surface area contributed by atoms with E-state index in [4.69, 9.17) is 4.52 Å². The number of carbonyl (C=O) groups excluding carboxylic acids is 1. The highest BCUT2D eigenvalue weighted by atomic mass is 32.2. The van der Waals surface area contributed by atoms with Crippen molar-refractivity contribution in [2.24, 2.45) is 0 Å². The van der Waals surface area contributed by atoms with Gasteiger partial charge in [0.2, 0.25) is 5.91 Å². The molecule has 0 aliphatic rings.